The van der Waals surface area contributed by atoms with Crippen molar-refractivity contribution >= 4 is 27.3 Å². The van der Waals surface area contributed by atoms with Gasteiger partial charge >= 0.3 is 6.18 Å². The van der Waals surface area contributed by atoms with E-state index in [1.54, 1.807) is 6.07 Å². The van der Waals surface area contributed by atoms with Crippen LogP contribution in [0.25, 0.3) is 0 Å². The van der Waals surface area contributed by atoms with Gasteiger partial charge in [-0.1, -0.05) is 15.9 Å². The number of halogens is 4. The van der Waals surface area contributed by atoms with Crippen LogP contribution in [0.2, 0.25) is 0 Å². The smallest absolute Gasteiger partial charge is 0.422 e. The minimum atomic E-state index is -4.27. The van der Waals surface area contributed by atoms with Gasteiger partial charge in [-0.2, -0.15) is 13.2 Å². The van der Waals surface area contributed by atoms with Crippen LogP contribution in [0.15, 0.2) is 12.1 Å². The molecule has 0 saturated heterocycles. The van der Waals surface area contributed by atoms with Gasteiger partial charge in [-0.25, -0.2) is 0 Å². The largest absolute Gasteiger partial charge is 0.475 e. The first-order valence-corrected chi connectivity index (χ1v) is 5.29. The Morgan fingerprint density at radius 1 is 1.38 bits per heavy atom. The Balaban J connectivity index is 2.46. The molecule has 1 rings (SSSR count). The maximum atomic E-state index is 11.7. The molecule has 0 saturated carbocycles. The van der Waals surface area contributed by atoms with Crippen molar-refractivity contribution in [1.29, 1.82) is 0 Å². The second-order valence-electron chi connectivity index (χ2n) is 2.26. The highest BCUT2D eigenvalue weighted by molar-refractivity contribution is 9.08. The minimum absolute atomic E-state index is 0.298. The molecule has 1 aromatic rings. The lowest BCUT2D eigenvalue weighted by Crippen LogP contribution is -2.18. The van der Waals surface area contributed by atoms with Crippen molar-refractivity contribution in [1.82, 2.24) is 0 Å². The molecule has 1 nitrogen and oxygen atoms in total. The monoisotopic (exact) mass is 274 g/mol. The maximum Gasteiger partial charge on any atom is 0.422 e. The lowest BCUT2D eigenvalue weighted by Gasteiger charge is -2.06. The average Bonchev–Trinajstić information content (AvgIpc) is 2.47. The first kappa shape index (κ1) is 10.8. The molecule has 0 unspecified atom stereocenters. The minimum Gasteiger partial charge on any atom is -0.475 e. The lowest BCUT2D eigenvalue weighted by molar-refractivity contribution is -0.152. The van der Waals surface area contributed by atoms with Crippen LogP contribution >= 0.6 is 27.3 Å². The van der Waals surface area contributed by atoms with Gasteiger partial charge in [-0.15, -0.1) is 11.3 Å². The summed E-state index contributed by atoms with van der Waals surface area (Å²) in [4.78, 5) is 0.942. The Bertz CT molecular complexity index is 271. The normalized spacial score (nSPS) is 11.7. The van der Waals surface area contributed by atoms with Crippen molar-refractivity contribution < 1.29 is 17.9 Å². The summed E-state index contributed by atoms with van der Waals surface area (Å²) < 4.78 is 39.6. The maximum absolute atomic E-state index is 11.7. The third-order valence-corrected chi connectivity index (χ3v) is 3.12. The van der Waals surface area contributed by atoms with E-state index in [2.05, 4.69) is 20.7 Å². The number of hydrogen-bond acceptors (Lipinski definition) is 2. The first-order valence-electron chi connectivity index (χ1n) is 3.35. The summed E-state index contributed by atoms with van der Waals surface area (Å²) in [5, 5.41) is 0.930. The second kappa shape index (κ2) is 4.32. The zero-order valence-electron chi connectivity index (χ0n) is 6.40. The Morgan fingerprint density at radius 2 is 2.08 bits per heavy atom. The van der Waals surface area contributed by atoms with Gasteiger partial charge in [-0.05, 0) is 12.1 Å². The Labute approximate surface area is 85.6 Å². The molecule has 13 heavy (non-hydrogen) atoms. The molecule has 0 aliphatic rings. The predicted molar refractivity (Wildman–Crippen MR) is 48.5 cm³/mol. The van der Waals surface area contributed by atoms with Crippen molar-refractivity contribution in [3.8, 4) is 5.06 Å². The zero-order valence-corrected chi connectivity index (χ0v) is 8.80. The van der Waals surface area contributed by atoms with Crippen LogP contribution < -0.4 is 4.74 Å². The number of alkyl halides is 4. The van der Waals surface area contributed by atoms with E-state index >= 15 is 0 Å². The van der Waals surface area contributed by atoms with Gasteiger partial charge < -0.3 is 4.74 Å². The van der Waals surface area contributed by atoms with E-state index in [-0.39, 0.29) is 0 Å². The second-order valence-corrected chi connectivity index (χ2v) is 3.95. The molecular weight excluding hydrogens is 269 g/mol. The topological polar surface area (TPSA) is 9.23 Å². The molecule has 0 spiro atoms. The van der Waals surface area contributed by atoms with Gasteiger partial charge in [0.2, 0.25) is 0 Å². The molecule has 74 valence electrons. The third-order valence-electron chi connectivity index (χ3n) is 1.15. The summed E-state index contributed by atoms with van der Waals surface area (Å²) in [5.74, 6) is 0. The fourth-order valence-corrected chi connectivity index (χ4v) is 1.89. The zero-order chi connectivity index (χ0) is 9.90. The Kier molecular flexibility index (Phi) is 3.61. The molecule has 0 aliphatic heterocycles. The molecule has 0 radical (unpaired) electrons. The Hall–Kier alpha value is -0.230. The quantitative estimate of drug-likeness (QED) is 0.766. The van der Waals surface area contributed by atoms with Gasteiger partial charge in [-0.3, -0.25) is 0 Å². The van der Waals surface area contributed by atoms with E-state index in [0.29, 0.717) is 10.4 Å². The van der Waals surface area contributed by atoms with Crippen LogP contribution in [-0.4, -0.2) is 12.8 Å². The van der Waals surface area contributed by atoms with Gasteiger partial charge in [0.05, 0.1) is 0 Å². The molecule has 0 fully saturated rings. The number of ether oxygens (including phenoxy) is 1. The number of hydrogen-bond donors (Lipinski definition) is 0. The molecule has 0 bridgehead atoms. The van der Waals surface area contributed by atoms with E-state index in [1.807, 2.05) is 0 Å². The van der Waals surface area contributed by atoms with Crippen molar-refractivity contribution in [2.24, 2.45) is 0 Å². The number of rotatable bonds is 3. The van der Waals surface area contributed by atoms with Gasteiger partial charge in [0.15, 0.2) is 11.7 Å². The standard InChI is InChI=1S/C7H6BrF3OS/c8-3-5-1-2-6(13-5)12-4-7(9,10)11/h1-2H,3-4H2. The predicted octanol–water partition coefficient (Wildman–Crippen LogP) is 3.58. The van der Waals surface area contributed by atoms with Crippen molar-refractivity contribution in [3.05, 3.63) is 17.0 Å². The highest BCUT2D eigenvalue weighted by Crippen LogP contribution is 2.27. The molecule has 0 atom stereocenters. The number of thiophene rings is 1. The van der Waals surface area contributed by atoms with Crippen molar-refractivity contribution in [3.63, 3.8) is 0 Å². The first-order chi connectivity index (χ1) is 6.01. The van der Waals surface area contributed by atoms with E-state index in [9.17, 15) is 13.2 Å². The van der Waals surface area contributed by atoms with Gasteiger partial charge in [0.1, 0.15) is 0 Å². The lowest BCUT2D eigenvalue weighted by atomic mass is 10.5. The van der Waals surface area contributed by atoms with Gasteiger partial charge in [0, 0.05) is 10.2 Å². The molecule has 0 N–H and O–H groups in total. The summed E-state index contributed by atoms with van der Waals surface area (Å²) in [7, 11) is 0. The average molecular weight is 275 g/mol. The third kappa shape index (κ3) is 3.99. The van der Waals surface area contributed by atoms with Crippen molar-refractivity contribution in [2.75, 3.05) is 6.61 Å². The molecular formula is C7H6BrF3OS. The van der Waals surface area contributed by atoms with E-state index in [4.69, 9.17) is 0 Å². The van der Waals surface area contributed by atoms with Crippen LogP contribution in [0.3, 0.4) is 0 Å². The molecule has 1 heterocycles. The summed E-state index contributed by atoms with van der Waals surface area (Å²) >= 11 is 4.40. The fourth-order valence-electron chi connectivity index (χ4n) is 0.661. The summed E-state index contributed by atoms with van der Waals surface area (Å²) in [5.41, 5.74) is 0. The summed E-state index contributed by atoms with van der Waals surface area (Å²) in [6, 6.07) is 3.26. The van der Waals surface area contributed by atoms with Crippen LogP contribution in [0, 0.1) is 0 Å². The van der Waals surface area contributed by atoms with Crippen LogP contribution in [0.1, 0.15) is 4.88 Å². The van der Waals surface area contributed by atoms with E-state index in [0.717, 1.165) is 4.88 Å². The molecule has 0 aromatic carbocycles. The Morgan fingerprint density at radius 3 is 2.54 bits per heavy atom. The molecule has 6 heteroatoms. The SMILES string of the molecule is FC(F)(F)COc1ccc(CBr)s1. The van der Waals surface area contributed by atoms with Crippen LogP contribution in [0.5, 0.6) is 5.06 Å². The summed E-state index contributed by atoms with van der Waals surface area (Å²) in [6.07, 6.45) is -4.27. The van der Waals surface area contributed by atoms with Crippen molar-refractivity contribution in [2.45, 2.75) is 11.5 Å². The van der Waals surface area contributed by atoms with E-state index in [1.165, 1.54) is 17.4 Å². The van der Waals surface area contributed by atoms with Crippen LogP contribution in [0.4, 0.5) is 13.2 Å². The van der Waals surface area contributed by atoms with Crippen LogP contribution in [-0.2, 0) is 5.33 Å². The molecule has 0 aliphatic carbocycles. The summed E-state index contributed by atoms with van der Waals surface area (Å²) in [6.45, 7) is -1.23. The highest BCUT2D eigenvalue weighted by atomic mass is 79.9. The van der Waals surface area contributed by atoms with Gasteiger partial charge in [0.25, 0.3) is 0 Å². The fraction of sp³-hybridized carbons (Fsp3) is 0.429. The molecule has 1 aromatic heterocycles. The molecule has 0 amide bonds. The van der Waals surface area contributed by atoms with E-state index < -0.39 is 12.8 Å². The highest BCUT2D eigenvalue weighted by Gasteiger charge is 2.28.